The van der Waals surface area contributed by atoms with Gasteiger partial charge in [0.2, 0.25) is 0 Å². The largest absolute Gasteiger partial charge is 0.444 e. The van der Waals surface area contributed by atoms with Gasteiger partial charge in [-0.15, -0.1) is 0 Å². The second-order valence-electron chi connectivity index (χ2n) is 4.36. The molecule has 0 saturated carbocycles. The first-order valence-electron chi connectivity index (χ1n) is 6.02. The summed E-state index contributed by atoms with van der Waals surface area (Å²) >= 11 is 0. The average Bonchev–Trinajstić information content (AvgIpc) is 2.40. The van der Waals surface area contributed by atoms with Crippen LogP contribution < -0.4 is 0 Å². The van der Waals surface area contributed by atoms with E-state index in [2.05, 4.69) is 0 Å². The van der Waals surface area contributed by atoms with Gasteiger partial charge in [0.25, 0.3) is 0 Å². The summed E-state index contributed by atoms with van der Waals surface area (Å²) < 4.78 is 5.10. The third kappa shape index (κ3) is 3.00. The summed E-state index contributed by atoms with van der Waals surface area (Å²) in [6.45, 7) is 0.574. The van der Waals surface area contributed by atoms with E-state index in [0.717, 1.165) is 10.5 Å². The number of hydrogen-bond acceptors (Lipinski definition) is 4. The first-order chi connectivity index (χ1) is 8.68. The highest BCUT2D eigenvalue weighted by molar-refractivity contribution is 5.68. The molecule has 0 aromatic heterocycles. The number of ether oxygens (including phenoxy) is 1. The maximum Gasteiger partial charge on any atom is 0.412 e. The van der Waals surface area contributed by atoms with Crippen molar-refractivity contribution in [1.82, 2.24) is 4.90 Å². The Labute approximate surface area is 106 Å². The number of carbonyl (C=O) groups is 1. The Morgan fingerprint density at radius 3 is 2.78 bits per heavy atom. The monoisotopic (exact) mass is 251 g/mol. The molecule has 5 heteroatoms. The lowest BCUT2D eigenvalue weighted by molar-refractivity contribution is -0.0982. The zero-order valence-electron chi connectivity index (χ0n) is 10.0. The van der Waals surface area contributed by atoms with Crippen LogP contribution in [-0.4, -0.2) is 40.1 Å². The molecule has 0 unspecified atom stereocenters. The molecule has 18 heavy (non-hydrogen) atoms. The average molecular weight is 251 g/mol. The van der Waals surface area contributed by atoms with Gasteiger partial charge in [0, 0.05) is 6.54 Å². The summed E-state index contributed by atoms with van der Waals surface area (Å²) in [4.78, 5) is 12.9. The van der Waals surface area contributed by atoms with Crippen molar-refractivity contribution in [3.63, 3.8) is 0 Å². The molecule has 0 radical (unpaired) electrons. The van der Waals surface area contributed by atoms with Gasteiger partial charge >= 0.3 is 6.09 Å². The quantitative estimate of drug-likeness (QED) is 0.825. The zero-order chi connectivity index (χ0) is 13.0. The van der Waals surface area contributed by atoms with Crippen molar-refractivity contribution in [3.05, 3.63) is 35.9 Å². The van der Waals surface area contributed by atoms with Crippen LogP contribution in [0.15, 0.2) is 30.3 Å². The van der Waals surface area contributed by atoms with Crippen LogP contribution in [0.25, 0.3) is 0 Å². The van der Waals surface area contributed by atoms with Gasteiger partial charge in [-0.2, -0.15) is 0 Å². The van der Waals surface area contributed by atoms with Crippen LogP contribution in [0.2, 0.25) is 0 Å². The topological polar surface area (TPSA) is 70.0 Å². The van der Waals surface area contributed by atoms with Crippen LogP contribution in [0, 0.1) is 0 Å². The maximum atomic E-state index is 11.8. The fourth-order valence-electron chi connectivity index (χ4n) is 1.96. The smallest absolute Gasteiger partial charge is 0.412 e. The molecule has 0 aliphatic carbocycles. The highest BCUT2D eigenvalue weighted by Crippen LogP contribution is 2.17. The number of nitrogens with zero attached hydrogens (tertiary/aromatic N) is 1. The molecule has 0 bridgehead atoms. The third-order valence-electron chi connectivity index (χ3n) is 3.00. The van der Waals surface area contributed by atoms with Crippen molar-refractivity contribution < 1.29 is 19.7 Å². The van der Waals surface area contributed by atoms with Crippen LogP contribution in [-0.2, 0) is 11.3 Å². The normalized spacial score (nSPS) is 23.8. The van der Waals surface area contributed by atoms with Gasteiger partial charge in [-0.25, -0.2) is 4.79 Å². The minimum absolute atomic E-state index is 0.166. The van der Waals surface area contributed by atoms with Crippen LogP contribution >= 0.6 is 0 Å². The van der Waals surface area contributed by atoms with Gasteiger partial charge < -0.3 is 14.9 Å². The number of piperidine rings is 1. The molecule has 2 rings (SSSR count). The van der Waals surface area contributed by atoms with Gasteiger partial charge in [-0.1, -0.05) is 30.3 Å². The van der Waals surface area contributed by atoms with E-state index in [0.29, 0.717) is 19.4 Å². The highest BCUT2D eigenvalue weighted by Gasteiger charge is 2.32. The van der Waals surface area contributed by atoms with Crippen molar-refractivity contribution in [1.29, 1.82) is 0 Å². The second-order valence-corrected chi connectivity index (χ2v) is 4.36. The number of amides is 1. The molecule has 5 nitrogen and oxygen atoms in total. The van der Waals surface area contributed by atoms with E-state index in [1.54, 1.807) is 0 Å². The summed E-state index contributed by atoms with van der Waals surface area (Å²) in [7, 11) is 0. The molecule has 1 saturated heterocycles. The Bertz CT molecular complexity index is 395. The molecule has 1 fully saturated rings. The number of likely N-dealkylation sites (tertiary alicyclic amines) is 1. The molecule has 2 N–H and O–H groups in total. The number of rotatable bonds is 2. The molecule has 1 aliphatic rings. The molecule has 1 aliphatic heterocycles. The van der Waals surface area contributed by atoms with E-state index >= 15 is 0 Å². The zero-order valence-corrected chi connectivity index (χ0v) is 10.0. The molecule has 1 aromatic carbocycles. The maximum absolute atomic E-state index is 11.8. The minimum atomic E-state index is -1.16. The lowest BCUT2D eigenvalue weighted by Crippen LogP contribution is -2.51. The van der Waals surface area contributed by atoms with Crippen molar-refractivity contribution in [2.24, 2.45) is 0 Å². The van der Waals surface area contributed by atoms with Gasteiger partial charge in [0.1, 0.15) is 6.61 Å². The Hall–Kier alpha value is -1.59. The van der Waals surface area contributed by atoms with E-state index in [1.165, 1.54) is 0 Å². The Kier molecular flexibility index (Phi) is 4.17. The second kappa shape index (κ2) is 5.84. The lowest BCUT2D eigenvalue weighted by atomic mass is 10.1. The van der Waals surface area contributed by atoms with Gasteiger partial charge in [-0.3, -0.25) is 4.90 Å². The molecular formula is C13H17NO4. The van der Waals surface area contributed by atoms with E-state index in [-0.39, 0.29) is 6.61 Å². The lowest BCUT2D eigenvalue weighted by Gasteiger charge is -2.34. The van der Waals surface area contributed by atoms with Crippen molar-refractivity contribution in [3.8, 4) is 0 Å². The Morgan fingerprint density at radius 2 is 2.06 bits per heavy atom. The van der Waals surface area contributed by atoms with Crippen molar-refractivity contribution >= 4 is 6.09 Å². The summed E-state index contributed by atoms with van der Waals surface area (Å²) in [5, 5.41) is 19.2. The minimum Gasteiger partial charge on any atom is -0.444 e. The number of aliphatic hydroxyl groups excluding tert-OH is 2. The third-order valence-corrected chi connectivity index (χ3v) is 3.00. The van der Waals surface area contributed by atoms with Gasteiger partial charge in [-0.05, 0) is 18.4 Å². The summed E-state index contributed by atoms with van der Waals surface area (Å²) in [6, 6.07) is 9.32. The number of benzene rings is 1. The SMILES string of the molecule is O=C(OCc1ccccc1)N1CCC[C@@H](O)[C@H]1O. The number of hydrogen-bond donors (Lipinski definition) is 2. The van der Waals surface area contributed by atoms with Gasteiger partial charge in [0.15, 0.2) is 6.23 Å². The predicted octanol–water partition coefficient (Wildman–Crippen LogP) is 1.10. The first-order valence-corrected chi connectivity index (χ1v) is 6.02. The number of aliphatic hydroxyl groups is 2. The first kappa shape index (κ1) is 12.9. The fourth-order valence-corrected chi connectivity index (χ4v) is 1.96. The molecule has 1 heterocycles. The summed E-state index contributed by atoms with van der Waals surface area (Å²) in [5.74, 6) is 0. The molecule has 2 atom stereocenters. The van der Waals surface area contributed by atoms with E-state index < -0.39 is 18.4 Å². The van der Waals surface area contributed by atoms with Crippen LogP contribution in [0.5, 0.6) is 0 Å². The number of carbonyl (C=O) groups excluding carboxylic acids is 1. The summed E-state index contributed by atoms with van der Waals surface area (Å²) in [6.07, 6.45) is -1.47. The molecule has 0 spiro atoms. The van der Waals surface area contributed by atoms with Crippen molar-refractivity contribution in [2.75, 3.05) is 6.54 Å². The fraction of sp³-hybridized carbons (Fsp3) is 0.462. The summed E-state index contributed by atoms with van der Waals surface area (Å²) in [5.41, 5.74) is 0.887. The predicted molar refractivity (Wildman–Crippen MR) is 64.6 cm³/mol. The molecular weight excluding hydrogens is 234 g/mol. The van der Waals surface area contributed by atoms with Crippen LogP contribution in [0.4, 0.5) is 4.79 Å². The van der Waals surface area contributed by atoms with Gasteiger partial charge in [0.05, 0.1) is 6.10 Å². The van der Waals surface area contributed by atoms with Crippen LogP contribution in [0.3, 0.4) is 0 Å². The van der Waals surface area contributed by atoms with E-state index in [4.69, 9.17) is 4.74 Å². The van der Waals surface area contributed by atoms with E-state index in [9.17, 15) is 15.0 Å². The Morgan fingerprint density at radius 1 is 1.33 bits per heavy atom. The Balaban J connectivity index is 1.88. The van der Waals surface area contributed by atoms with Crippen molar-refractivity contribution in [2.45, 2.75) is 31.8 Å². The molecule has 98 valence electrons. The molecule has 1 aromatic rings. The van der Waals surface area contributed by atoms with Crippen LogP contribution in [0.1, 0.15) is 18.4 Å². The standard InChI is InChI=1S/C13H17NO4/c15-11-7-4-8-14(12(11)16)13(17)18-9-10-5-2-1-3-6-10/h1-3,5-6,11-12,15-16H,4,7-9H2/t11-,12-/m1/s1. The van der Waals surface area contributed by atoms with E-state index in [1.807, 2.05) is 30.3 Å². The highest BCUT2D eigenvalue weighted by atomic mass is 16.6. The molecule has 1 amide bonds.